The molecule has 0 fully saturated rings. The number of rotatable bonds is 9. The van der Waals surface area contributed by atoms with Crippen LogP contribution in [0.15, 0.2) is 30.3 Å². The molecule has 0 radical (unpaired) electrons. The summed E-state index contributed by atoms with van der Waals surface area (Å²) in [6.07, 6.45) is 1.09. The molecule has 3 aromatic rings. The number of nitrogens with one attached hydrogen (secondary N) is 1. The Labute approximate surface area is 187 Å². The normalized spacial score (nSPS) is 11.9. The van der Waals surface area contributed by atoms with E-state index in [4.69, 9.17) is 9.47 Å². The van der Waals surface area contributed by atoms with Crippen molar-refractivity contribution in [2.75, 3.05) is 13.7 Å². The number of hydrogen-bond acceptors (Lipinski definition) is 6. The second-order valence-corrected chi connectivity index (χ2v) is 7.69. The second-order valence-electron chi connectivity index (χ2n) is 7.69. The molecule has 0 aliphatic carbocycles. The minimum atomic E-state index is -0.730. The van der Waals surface area contributed by atoms with Crippen LogP contribution in [0.3, 0.4) is 0 Å². The topological polar surface area (TPSA) is 95.3 Å². The molecule has 0 aliphatic heterocycles. The first-order chi connectivity index (χ1) is 15.3. The number of benzene rings is 1. The SMILES string of the molecule is CCOC(=O)C(Cc1ccccc1)NC(=O)CCc1c(C)nc2c(c(OC)nn2C)c1C. The van der Waals surface area contributed by atoms with Gasteiger partial charge in [-0.2, -0.15) is 0 Å². The summed E-state index contributed by atoms with van der Waals surface area (Å²) < 4.78 is 12.3. The Hall–Kier alpha value is -3.42. The minimum absolute atomic E-state index is 0.212. The Morgan fingerprint density at radius 2 is 1.91 bits per heavy atom. The number of aromatic nitrogens is 3. The van der Waals surface area contributed by atoms with Crippen LogP contribution in [0.4, 0.5) is 0 Å². The quantitative estimate of drug-likeness (QED) is 0.516. The molecule has 1 unspecified atom stereocenters. The highest BCUT2D eigenvalue weighted by molar-refractivity contribution is 5.87. The van der Waals surface area contributed by atoms with Gasteiger partial charge in [-0.05, 0) is 43.9 Å². The van der Waals surface area contributed by atoms with Gasteiger partial charge in [0.1, 0.15) is 6.04 Å². The number of aryl methyl sites for hydroxylation is 3. The summed E-state index contributed by atoms with van der Waals surface area (Å²) in [5.41, 5.74) is 4.53. The molecule has 0 saturated carbocycles. The van der Waals surface area contributed by atoms with E-state index in [1.165, 1.54) is 0 Å². The first kappa shape index (κ1) is 23.2. The average Bonchev–Trinajstić information content (AvgIpc) is 3.09. The van der Waals surface area contributed by atoms with Gasteiger partial charge in [0.2, 0.25) is 11.8 Å². The number of amides is 1. The lowest BCUT2D eigenvalue weighted by Gasteiger charge is -2.18. The summed E-state index contributed by atoms with van der Waals surface area (Å²) in [7, 11) is 3.41. The van der Waals surface area contributed by atoms with E-state index >= 15 is 0 Å². The molecule has 0 saturated heterocycles. The van der Waals surface area contributed by atoms with Crippen molar-refractivity contribution in [1.82, 2.24) is 20.1 Å². The standard InChI is InChI=1S/C24H30N4O4/c1-6-32-24(30)19(14-17-10-8-7-9-11-17)26-20(29)13-12-18-15(2)21-22(25-16(18)3)28(4)27-23(21)31-5/h7-11,19H,6,12-14H2,1-5H3,(H,26,29). The summed E-state index contributed by atoms with van der Waals surface area (Å²) in [5.74, 6) is -0.125. The minimum Gasteiger partial charge on any atom is -0.479 e. The number of carbonyl (C=O) groups is 2. The summed E-state index contributed by atoms with van der Waals surface area (Å²) in [5, 5.41) is 8.06. The highest BCUT2D eigenvalue weighted by Gasteiger charge is 2.23. The zero-order valence-electron chi connectivity index (χ0n) is 19.3. The van der Waals surface area contributed by atoms with Gasteiger partial charge >= 0.3 is 5.97 Å². The molecule has 2 aromatic heterocycles. The van der Waals surface area contributed by atoms with E-state index in [1.54, 1.807) is 18.7 Å². The van der Waals surface area contributed by atoms with Crippen LogP contribution in [0.25, 0.3) is 11.0 Å². The number of methoxy groups -OCH3 is 1. The van der Waals surface area contributed by atoms with E-state index in [-0.39, 0.29) is 18.9 Å². The molecular weight excluding hydrogens is 408 g/mol. The maximum atomic E-state index is 12.8. The summed E-state index contributed by atoms with van der Waals surface area (Å²) in [6.45, 7) is 5.93. The van der Waals surface area contributed by atoms with Crippen molar-refractivity contribution in [2.45, 2.75) is 46.1 Å². The van der Waals surface area contributed by atoms with Crippen LogP contribution in [0.5, 0.6) is 5.88 Å². The zero-order valence-corrected chi connectivity index (χ0v) is 19.3. The number of esters is 1. The molecule has 1 atom stereocenters. The third-order valence-electron chi connectivity index (χ3n) is 5.51. The number of pyridine rings is 1. The summed E-state index contributed by atoms with van der Waals surface area (Å²) in [4.78, 5) is 29.8. The Kier molecular flexibility index (Phi) is 7.45. The zero-order chi connectivity index (χ0) is 23.3. The third kappa shape index (κ3) is 5.07. The number of carbonyl (C=O) groups excluding carboxylic acids is 2. The van der Waals surface area contributed by atoms with Crippen LogP contribution in [0.1, 0.15) is 35.7 Å². The lowest BCUT2D eigenvalue weighted by Crippen LogP contribution is -2.43. The predicted molar refractivity (Wildman–Crippen MR) is 122 cm³/mol. The fourth-order valence-electron chi connectivity index (χ4n) is 3.90. The fraction of sp³-hybridized carbons (Fsp3) is 0.417. The predicted octanol–water partition coefficient (Wildman–Crippen LogP) is 2.82. The highest BCUT2D eigenvalue weighted by Crippen LogP contribution is 2.30. The van der Waals surface area contributed by atoms with Gasteiger partial charge in [-0.1, -0.05) is 30.3 Å². The van der Waals surface area contributed by atoms with Crippen LogP contribution >= 0.6 is 0 Å². The molecule has 0 aliphatic rings. The van der Waals surface area contributed by atoms with Gasteiger partial charge in [0.25, 0.3) is 0 Å². The Balaban J connectivity index is 1.74. The molecular formula is C24H30N4O4. The molecule has 1 amide bonds. The van der Waals surface area contributed by atoms with Crippen LogP contribution in [-0.2, 0) is 34.2 Å². The summed E-state index contributed by atoms with van der Waals surface area (Å²) in [6, 6.07) is 8.84. The molecule has 1 N–H and O–H groups in total. The molecule has 0 spiro atoms. The first-order valence-corrected chi connectivity index (χ1v) is 10.7. The van der Waals surface area contributed by atoms with E-state index in [0.29, 0.717) is 18.7 Å². The van der Waals surface area contributed by atoms with Crippen LogP contribution in [0.2, 0.25) is 0 Å². The van der Waals surface area contributed by atoms with Gasteiger partial charge in [-0.25, -0.2) is 14.5 Å². The van der Waals surface area contributed by atoms with Crippen LogP contribution < -0.4 is 10.1 Å². The number of nitrogens with zero attached hydrogens (tertiary/aromatic N) is 3. The van der Waals surface area contributed by atoms with Gasteiger partial charge in [-0.3, -0.25) is 4.79 Å². The van der Waals surface area contributed by atoms with Crippen molar-refractivity contribution in [3.8, 4) is 5.88 Å². The van der Waals surface area contributed by atoms with E-state index in [0.717, 1.165) is 33.4 Å². The van der Waals surface area contributed by atoms with E-state index in [1.807, 2.05) is 51.2 Å². The third-order valence-corrected chi connectivity index (χ3v) is 5.51. The molecule has 32 heavy (non-hydrogen) atoms. The van der Waals surface area contributed by atoms with Gasteiger partial charge in [0.15, 0.2) is 5.65 Å². The van der Waals surface area contributed by atoms with Crippen molar-refractivity contribution >= 4 is 22.9 Å². The monoisotopic (exact) mass is 438 g/mol. The van der Waals surface area contributed by atoms with Crippen LogP contribution in [0, 0.1) is 13.8 Å². The van der Waals surface area contributed by atoms with Crippen molar-refractivity contribution in [3.05, 3.63) is 52.7 Å². The Morgan fingerprint density at radius 3 is 2.56 bits per heavy atom. The van der Waals surface area contributed by atoms with E-state index in [9.17, 15) is 9.59 Å². The fourth-order valence-corrected chi connectivity index (χ4v) is 3.90. The Morgan fingerprint density at radius 1 is 1.19 bits per heavy atom. The van der Waals surface area contributed by atoms with Crippen molar-refractivity contribution in [3.63, 3.8) is 0 Å². The molecule has 8 nitrogen and oxygen atoms in total. The average molecular weight is 439 g/mol. The number of fused-ring (bicyclic) bond motifs is 1. The highest BCUT2D eigenvalue weighted by atomic mass is 16.5. The maximum absolute atomic E-state index is 12.8. The molecule has 8 heteroatoms. The van der Waals surface area contributed by atoms with E-state index in [2.05, 4.69) is 15.4 Å². The lowest BCUT2D eigenvalue weighted by molar-refractivity contribution is -0.147. The molecule has 3 rings (SSSR count). The first-order valence-electron chi connectivity index (χ1n) is 10.7. The van der Waals surface area contributed by atoms with Crippen molar-refractivity contribution in [1.29, 1.82) is 0 Å². The lowest BCUT2D eigenvalue weighted by atomic mass is 9.99. The molecule has 1 aromatic carbocycles. The van der Waals surface area contributed by atoms with Gasteiger partial charge in [0, 0.05) is 25.6 Å². The van der Waals surface area contributed by atoms with Crippen molar-refractivity contribution in [2.24, 2.45) is 7.05 Å². The molecule has 170 valence electrons. The number of ether oxygens (including phenoxy) is 2. The smallest absolute Gasteiger partial charge is 0.328 e. The Bertz CT molecular complexity index is 1110. The van der Waals surface area contributed by atoms with Gasteiger partial charge in [0.05, 0.1) is 19.1 Å². The van der Waals surface area contributed by atoms with Crippen molar-refractivity contribution < 1.29 is 19.1 Å². The van der Waals surface area contributed by atoms with Gasteiger partial charge < -0.3 is 14.8 Å². The molecule has 2 heterocycles. The van der Waals surface area contributed by atoms with Gasteiger partial charge in [-0.15, -0.1) is 5.10 Å². The summed E-state index contributed by atoms with van der Waals surface area (Å²) >= 11 is 0. The van der Waals surface area contributed by atoms with E-state index < -0.39 is 12.0 Å². The second kappa shape index (κ2) is 10.3. The maximum Gasteiger partial charge on any atom is 0.328 e. The number of hydrogen-bond donors (Lipinski definition) is 1. The van der Waals surface area contributed by atoms with Crippen LogP contribution in [-0.4, -0.2) is 46.4 Å². The largest absolute Gasteiger partial charge is 0.479 e. The molecule has 0 bridgehead atoms.